The SMILES string of the molecule is N#C/C(=C/c1ccc(O)c(Br)c1)Cn1cnc2ccccc21. The molecule has 4 nitrogen and oxygen atoms in total. The molecule has 3 rings (SSSR count). The number of hydrogen-bond acceptors (Lipinski definition) is 3. The van der Waals surface area contributed by atoms with Crippen LogP contribution in [0.2, 0.25) is 0 Å². The lowest BCUT2D eigenvalue weighted by atomic mass is 10.1. The molecule has 108 valence electrons. The van der Waals surface area contributed by atoms with Gasteiger partial charge in [-0.25, -0.2) is 4.98 Å². The van der Waals surface area contributed by atoms with Crippen LogP contribution in [0.15, 0.2) is 58.8 Å². The quantitative estimate of drug-likeness (QED) is 0.720. The number of phenols is 1. The normalized spacial score (nSPS) is 11.5. The minimum atomic E-state index is 0.177. The van der Waals surface area contributed by atoms with Crippen molar-refractivity contribution in [2.24, 2.45) is 0 Å². The first-order chi connectivity index (χ1) is 10.7. The Morgan fingerprint density at radius 3 is 2.91 bits per heavy atom. The molecule has 0 saturated heterocycles. The molecule has 0 spiro atoms. The van der Waals surface area contributed by atoms with E-state index in [0.29, 0.717) is 16.6 Å². The predicted molar refractivity (Wildman–Crippen MR) is 89.1 cm³/mol. The van der Waals surface area contributed by atoms with Gasteiger partial charge in [0.15, 0.2) is 0 Å². The molecule has 0 radical (unpaired) electrons. The fourth-order valence-corrected chi connectivity index (χ4v) is 2.64. The van der Waals surface area contributed by atoms with Gasteiger partial charge in [0.1, 0.15) is 5.75 Å². The highest BCUT2D eigenvalue weighted by Gasteiger charge is 2.05. The van der Waals surface area contributed by atoms with E-state index >= 15 is 0 Å². The van der Waals surface area contributed by atoms with Crippen molar-refractivity contribution in [1.29, 1.82) is 5.26 Å². The average molecular weight is 354 g/mol. The van der Waals surface area contributed by atoms with Crippen LogP contribution in [0, 0.1) is 11.3 Å². The fourth-order valence-electron chi connectivity index (χ4n) is 2.25. The Kier molecular flexibility index (Phi) is 3.94. The van der Waals surface area contributed by atoms with Gasteiger partial charge in [0, 0.05) is 5.57 Å². The molecule has 2 aromatic carbocycles. The summed E-state index contributed by atoms with van der Waals surface area (Å²) in [7, 11) is 0. The second-order valence-electron chi connectivity index (χ2n) is 4.85. The van der Waals surface area contributed by atoms with Crippen LogP contribution in [-0.4, -0.2) is 14.7 Å². The molecule has 0 aliphatic carbocycles. The van der Waals surface area contributed by atoms with Crippen LogP contribution in [0.4, 0.5) is 0 Å². The number of hydrogen-bond donors (Lipinski definition) is 1. The molecule has 1 aromatic heterocycles. The number of aromatic hydroxyl groups is 1. The first-order valence-corrected chi connectivity index (χ1v) is 7.46. The minimum Gasteiger partial charge on any atom is -0.507 e. The third-order valence-electron chi connectivity index (χ3n) is 3.32. The third-order valence-corrected chi connectivity index (χ3v) is 3.96. The molecule has 0 atom stereocenters. The van der Waals surface area contributed by atoms with Crippen molar-refractivity contribution in [1.82, 2.24) is 9.55 Å². The maximum atomic E-state index is 9.52. The molecule has 0 unspecified atom stereocenters. The molecule has 0 aliphatic heterocycles. The summed E-state index contributed by atoms with van der Waals surface area (Å²) in [6.45, 7) is 0.454. The molecule has 0 saturated carbocycles. The maximum Gasteiger partial charge on any atom is 0.129 e. The Morgan fingerprint density at radius 2 is 2.14 bits per heavy atom. The van der Waals surface area contributed by atoms with E-state index in [1.807, 2.05) is 28.8 Å². The lowest BCUT2D eigenvalue weighted by Crippen LogP contribution is -1.98. The van der Waals surface area contributed by atoms with Crippen LogP contribution < -0.4 is 0 Å². The van der Waals surface area contributed by atoms with Gasteiger partial charge in [0.2, 0.25) is 0 Å². The van der Waals surface area contributed by atoms with E-state index < -0.39 is 0 Å². The zero-order valence-corrected chi connectivity index (χ0v) is 13.2. The van der Waals surface area contributed by atoms with Gasteiger partial charge in [-0.05, 0) is 51.8 Å². The number of fused-ring (bicyclic) bond motifs is 1. The number of imidazole rings is 1. The van der Waals surface area contributed by atoms with Crippen LogP contribution in [0.25, 0.3) is 17.1 Å². The van der Waals surface area contributed by atoms with Gasteiger partial charge in [0.05, 0.1) is 34.4 Å². The van der Waals surface area contributed by atoms with Crippen molar-refractivity contribution < 1.29 is 5.11 Å². The molecule has 0 aliphatic rings. The lowest BCUT2D eigenvalue weighted by Gasteiger charge is -2.04. The summed E-state index contributed by atoms with van der Waals surface area (Å²) in [5, 5.41) is 18.9. The Morgan fingerprint density at radius 1 is 1.32 bits per heavy atom. The molecule has 0 amide bonds. The highest BCUT2D eigenvalue weighted by atomic mass is 79.9. The number of nitrogens with zero attached hydrogens (tertiary/aromatic N) is 3. The van der Waals surface area contributed by atoms with E-state index in [1.165, 1.54) is 0 Å². The number of phenolic OH excluding ortho intramolecular Hbond substituents is 1. The largest absolute Gasteiger partial charge is 0.507 e. The average Bonchev–Trinajstić information content (AvgIpc) is 2.93. The summed E-state index contributed by atoms with van der Waals surface area (Å²) >= 11 is 3.27. The summed E-state index contributed by atoms with van der Waals surface area (Å²) in [5.74, 6) is 0.177. The minimum absolute atomic E-state index is 0.177. The first kappa shape index (κ1) is 14.4. The number of aromatic nitrogens is 2. The highest BCUT2D eigenvalue weighted by molar-refractivity contribution is 9.10. The molecular weight excluding hydrogens is 342 g/mol. The Hall–Kier alpha value is -2.58. The summed E-state index contributed by atoms with van der Waals surface area (Å²) in [6, 6.07) is 15.2. The first-order valence-electron chi connectivity index (χ1n) is 6.66. The van der Waals surface area contributed by atoms with Crippen molar-refractivity contribution in [2.75, 3.05) is 0 Å². The van der Waals surface area contributed by atoms with Gasteiger partial charge in [0.25, 0.3) is 0 Å². The zero-order chi connectivity index (χ0) is 15.5. The van der Waals surface area contributed by atoms with Gasteiger partial charge in [-0.1, -0.05) is 18.2 Å². The van der Waals surface area contributed by atoms with Gasteiger partial charge in [-0.15, -0.1) is 0 Å². The smallest absolute Gasteiger partial charge is 0.129 e. The topological polar surface area (TPSA) is 61.8 Å². The van der Waals surface area contributed by atoms with E-state index in [4.69, 9.17) is 0 Å². The number of benzene rings is 2. The second kappa shape index (κ2) is 6.04. The number of halogens is 1. The number of rotatable bonds is 3. The van der Waals surface area contributed by atoms with Crippen molar-refractivity contribution in [3.63, 3.8) is 0 Å². The molecule has 1 heterocycles. The van der Waals surface area contributed by atoms with Crippen molar-refractivity contribution in [3.8, 4) is 11.8 Å². The number of nitriles is 1. The molecule has 0 fully saturated rings. The van der Waals surface area contributed by atoms with Crippen LogP contribution in [0.1, 0.15) is 5.56 Å². The monoisotopic (exact) mass is 353 g/mol. The Labute approximate surface area is 136 Å². The van der Waals surface area contributed by atoms with Crippen LogP contribution in [-0.2, 0) is 6.54 Å². The van der Waals surface area contributed by atoms with Crippen molar-refractivity contribution in [3.05, 3.63) is 64.4 Å². The van der Waals surface area contributed by atoms with E-state index in [-0.39, 0.29) is 5.75 Å². The predicted octanol–water partition coefficient (Wildman–Crippen LogP) is 4.11. The van der Waals surface area contributed by atoms with Crippen molar-refractivity contribution >= 4 is 33.0 Å². The van der Waals surface area contributed by atoms with E-state index in [9.17, 15) is 10.4 Å². The number of allylic oxidation sites excluding steroid dienone is 1. The zero-order valence-electron chi connectivity index (χ0n) is 11.6. The summed E-state index contributed by atoms with van der Waals surface area (Å²) in [5.41, 5.74) is 3.37. The molecule has 0 bridgehead atoms. The third kappa shape index (κ3) is 2.87. The van der Waals surface area contributed by atoms with Crippen LogP contribution >= 0.6 is 15.9 Å². The van der Waals surface area contributed by atoms with Gasteiger partial charge in [-0.2, -0.15) is 5.26 Å². The van der Waals surface area contributed by atoms with E-state index in [1.54, 1.807) is 30.6 Å². The van der Waals surface area contributed by atoms with Gasteiger partial charge >= 0.3 is 0 Å². The summed E-state index contributed by atoms with van der Waals surface area (Å²) in [4.78, 5) is 4.32. The van der Waals surface area contributed by atoms with Gasteiger partial charge < -0.3 is 9.67 Å². The molecule has 3 aromatic rings. The highest BCUT2D eigenvalue weighted by Crippen LogP contribution is 2.25. The van der Waals surface area contributed by atoms with E-state index in [2.05, 4.69) is 27.0 Å². The second-order valence-corrected chi connectivity index (χ2v) is 5.71. The lowest BCUT2D eigenvalue weighted by molar-refractivity contribution is 0.472. The van der Waals surface area contributed by atoms with Crippen LogP contribution in [0.5, 0.6) is 5.75 Å². The van der Waals surface area contributed by atoms with Crippen LogP contribution in [0.3, 0.4) is 0 Å². The Bertz CT molecular complexity index is 906. The molecule has 5 heteroatoms. The van der Waals surface area contributed by atoms with Gasteiger partial charge in [-0.3, -0.25) is 0 Å². The fraction of sp³-hybridized carbons (Fsp3) is 0.0588. The summed E-state index contributed by atoms with van der Waals surface area (Å²) < 4.78 is 2.55. The maximum absolute atomic E-state index is 9.52. The number of para-hydroxylation sites is 2. The van der Waals surface area contributed by atoms with E-state index in [0.717, 1.165) is 16.6 Å². The molecule has 22 heavy (non-hydrogen) atoms. The molecule has 1 N–H and O–H groups in total. The molecular formula is C17H12BrN3O. The Balaban J connectivity index is 1.93. The standard InChI is InChI=1S/C17H12BrN3O/c18-14-8-12(5-6-17(14)22)7-13(9-19)10-21-11-20-15-3-1-2-4-16(15)21/h1-8,11,22H,10H2/b13-7-. The van der Waals surface area contributed by atoms with Crippen molar-refractivity contribution in [2.45, 2.75) is 6.54 Å². The summed E-state index contributed by atoms with van der Waals surface area (Å²) in [6.07, 6.45) is 3.54.